The van der Waals surface area contributed by atoms with E-state index in [4.69, 9.17) is 0 Å². The quantitative estimate of drug-likeness (QED) is 0.734. The first kappa shape index (κ1) is 9.33. The maximum Gasteiger partial charge on any atom is 0.173 e. The standard InChI is InChI=1S/C9H4BrF2NO/c10-8-5(7-3-4-14-13-7)1-2-6(11)9(8)12/h1-4H. The van der Waals surface area contributed by atoms with Crippen molar-refractivity contribution < 1.29 is 13.3 Å². The molecule has 2 nitrogen and oxygen atoms in total. The maximum atomic E-state index is 13.1. The predicted molar refractivity (Wildman–Crippen MR) is 49.6 cm³/mol. The second kappa shape index (κ2) is 3.49. The first-order chi connectivity index (χ1) is 6.70. The molecule has 1 aromatic carbocycles. The molecule has 0 aliphatic heterocycles. The van der Waals surface area contributed by atoms with Crippen molar-refractivity contribution in [2.45, 2.75) is 0 Å². The Bertz CT molecular complexity index is 456. The largest absolute Gasteiger partial charge is 0.364 e. The van der Waals surface area contributed by atoms with Gasteiger partial charge in [0.2, 0.25) is 0 Å². The lowest BCUT2D eigenvalue weighted by atomic mass is 10.1. The van der Waals surface area contributed by atoms with Crippen LogP contribution in [0.25, 0.3) is 11.3 Å². The SMILES string of the molecule is Fc1ccc(-c2ccon2)c(Br)c1F. The van der Waals surface area contributed by atoms with Crippen LogP contribution in [0.1, 0.15) is 0 Å². The van der Waals surface area contributed by atoms with E-state index in [0.717, 1.165) is 6.07 Å². The van der Waals surface area contributed by atoms with Crippen molar-refractivity contribution in [3.8, 4) is 11.3 Å². The van der Waals surface area contributed by atoms with E-state index in [1.807, 2.05) is 0 Å². The van der Waals surface area contributed by atoms with E-state index in [9.17, 15) is 8.78 Å². The average Bonchev–Trinajstić information content (AvgIpc) is 2.67. The van der Waals surface area contributed by atoms with Gasteiger partial charge in [-0.3, -0.25) is 0 Å². The van der Waals surface area contributed by atoms with Gasteiger partial charge in [0.25, 0.3) is 0 Å². The van der Waals surface area contributed by atoms with Gasteiger partial charge in [0.1, 0.15) is 12.0 Å². The Kier molecular flexibility index (Phi) is 2.33. The molecule has 0 aliphatic carbocycles. The third-order valence-corrected chi connectivity index (χ3v) is 2.52. The van der Waals surface area contributed by atoms with E-state index in [1.54, 1.807) is 6.07 Å². The van der Waals surface area contributed by atoms with Crippen molar-refractivity contribution in [2.24, 2.45) is 0 Å². The van der Waals surface area contributed by atoms with Crippen molar-refractivity contribution >= 4 is 15.9 Å². The molecule has 1 aromatic heterocycles. The van der Waals surface area contributed by atoms with Gasteiger partial charge in [-0.05, 0) is 28.1 Å². The number of hydrogen-bond acceptors (Lipinski definition) is 2. The number of halogens is 3. The van der Waals surface area contributed by atoms with Gasteiger partial charge in [-0.25, -0.2) is 8.78 Å². The summed E-state index contributed by atoms with van der Waals surface area (Å²) >= 11 is 2.96. The van der Waals surface area contributed by atoms with Crippen LogP contribution in [0.4, 0.5) is 8.78 Å². The number of nitrogens with zero attached hydrogens (tertiary/aromatic N) is 1. The van der Waals surface area contributed by atoms with Crippen LogP contribution >= 0.6 is 15.9 Å². The highest BCUT2D eigenvalue weighted by molar-refractivity contribution is 9.10. The summed E-state index contributed by atoms with van der Waals surface area (Å²) in [5.74, 6) is -1.82. The molecule has 0 aliphatic rings. The van der Waals surface area contributed by atoms with Crippen molar-refractivity contribution in [3.05, 3.63) is 40.6 Å². The number of aromatic nitrogens is 1. The molecule has 0 amide bonds. The summed E-state index contributed by atoms with van der Waals surface area (Å²) in [5, 5.41) is 3.62. The van der Waals surface area contributed by atoms with Crippen molar-refractivity contribution in [1.82, 2.24) is 5.16 Å². The maximum absolute atomic E-state index is 13.1. The molecule has 2 aromatic rings. The molecule has 0 N–H and O–H groups in total. The summed E-state index contributed by atoms with van der Waals surface area (Å²) in [6.07, 6.45) is 1.36. The van der Waals surface area contributed by atoms with Crippen LogP contribution < -0.4 is 0 Å². The molecule has 0 fully saturated rings. The summed E-state index contributed by atoms with van der Waals surface area (Å²) < 4.78 is 30.5. The summed E-state index contributed by atoms with van der Waals surface area (Å²) in [4.78, 5) is 0. The second-order valence-electron chi connectivity index (χ2n) is 2.61. The lowest BCUT2D eigenvalue weighted by Gasteiger charge is -2.01. The van der Waals surface area contributed by atoms with Gasteiger partial charge in [-0.15, -0.1) is 0 Å². The zero-order valence-corrected chi connectivity index (χ0v) is 8.38. The summed E-state index contributed by atoms with van der Waals surface area (Å²) in [7, 11) is 0. The number of hydrogen-bond donors (Lipinski definition) is 0. The molecule has 0 saturated heterocycles. The van der Waals surface area contributed by atoms with Crippen molar-refractivity contribution in [3.63, 3.8) is 0 Å². The predicted octanol–water partition coefficient (Wildman–Crippen LogP) is 3.38. The van der Waals surface area contributed by atoms with Crippen LogP contribution in [0.3, 0.4) is 0 Å². The van der Waals surface area contributed by atoms with Crippen molar-refractivity contribution in [1.29, 1.82) is 0 Å². The fraction of sp³-hybridized carbons (Fsp3) is 0. The normalized spacial score (nSPS) is 10.5. The van der Waals surface area contributed by atoms with E-state index < -0.39 is 11.6 Å². The highest BCUT2D eigenvalue weighted by Gasteiger charge is 2.13. The van der Waals surface area contributed by atoms with Crippen LogP contribution in [-0.2, 0) is 0 Å². The van der Waals surface area contributed by atoms with Gasteiger partial charge in [-0.2, -0.15) is 0 Å². The minimum absolute atomic E-state index is 0.0476. The highest BCUT2D eigenvalue weighted by atomic mass is 79.9. The van der Waals surface area contributed by atoms with Crippen LogP contribution in [0, 0.1) is 11.6 Å². The summed E-state index contributed by atoms with van der Waals surface area (Å²) in [6.45, 7) is 0. The second-order valence-corrected chi connectivity index (χ2v) is 3.40. The Morgan fingerprint density at radius 1 is 1.21 bits per heavy atom. The molecule has 2 rings (SSSR count). The Balaban J connectivity index is 2.61. The highest BCUT2D eigenvalue weighted by Crippen LogP contribution is 2.30. The lowest BCUT2D eigenvalue weighted by Crippen LogP contribution is -1.89. The Labute approximate surface area is 86.7 Å². The molecule has 14 heavy (non-hydrogen) atoms. The van der Waals surface area contributed by atoms with E-state index in [-0.39, 0.29) is 4.47 Å². The van der Waals surface area contributed by atoms with Crippen LogP contribution in [0.15, 0.2) is 33.5 Å². The van der Waals surface area contributed by atoms with E-state index in [2.05, 4.69) is 25.6 Å². The third kappa shape index (κ3) is 1.43. The average molecular weight is 260 g/mol. The molecule has 0 saturated carbocycles. The minimum atomic E-state index is -0.925. The minimum Gasteiger partial charge on any atom is -0.364 e. The first-order valence-electron chi connectivity index (χ1n) is 3.74. The van der Waals surface area contributed by atoms with Gasteiger partial charge in [0.15, 0.2) is 11.6 Å². The topological polar surface area (TPSA) is 26.0 Å². The van der Waals surface area contributed by atoms with E-state index in [1.165, 1.54) is 12.3 Å². The smallest absolute Gasteiger partial charge is 0.173 e. The lowest BCUT2D eigenvalue weighted by molar-refractivity contribution is 0.422. The fourth-order valence-electron chi connectivity index (χ4n) is 1.08. The Hall–Kier alpha value is -1.23. The Morgan fingerprint density at radius 3 is 2.64 bits per heavy atom. The fourth-order valence-corrected chi connectivity index (χ4v) is 1.60. The molecule has 0 atom stereocenters. The van der Waals surface area contributed by atoms with Crippen molar-refractivity contribution in [2.75, 3.05) is 0 Å². The first-order valence-corrected chi connectivity index (χ1v) is 4.53. The molecule has 0 spiro atoms. The van der Waals surface area contributed by atoms with E-state index in [0.29, 0.717) is 11.3 Å². The molecule has 0 bridgehead atoms. The van der Waals surface area contributed by atoms with Gasteiger partial charge in [0.05, 0.1) is 4.47 Å². The van der Waals surface area contributed by atoms with Crippen LogP contribution in [0.2, 0.25) is 0 Å². The van der Waals surface area contributed by atoms with Crippen LogP contribution in [-0.4, -0.2) is 5.16 Å². The zero-order chi connectivity index (χ0) is 10.1. The Morgan fingerprint density at radius 2 is 2.00 bits per heavy atom. The molecular formula is C9H4BrF2NO. The molecule has 1 heterocycles. The van der Waals surface area contributed by atoms with E-state index >= 15 is 0 Å². The van der Waals surface area contributed by atoms with Gasteiger partial charge in [-0.1, -0.05) is 5.16 Å². The number of rotatable bonds is 1. The third-order valence-electron chi connectivity index (χ3n) is 1.75. The monoisotopic (exact) mass is 259 g/mol. The molecular weight excluding hydrogens is 256 g/mol. The molecule has 0 unspecified atom stereocenters. The van der Waals surface area contributed by atoms with Gasteiger partial charge >= 0.3 is 0 Å². The summed E-state index contributed by atoms with van der Waals surface area (Å²) in [6, 6.07) is 4.04. The zero-order valence-electron chi connectivity index (χ0n) is 6.80. The van der Waals surface area contributed by atoms with Gasteiger partial charge < -0.3 is 4.52 Å². The van der Waals surface area contributed by atoms with Gasteiger partial charge in [0, 0.05) is 11.6 Å². The van der Waals surface area contributed by atoms with Crippen LogP contribution in [0.5, 0.6) is 0 Å². The number of benzene rings is 1. The molecule has 5 heteroatoms. The summed E-state index contributed by atoms with van der Waals surface area (Å²) in [5.41, 5.74) is 0.911. The molecule has 0 radical (unpaired) electrons. The molecule has 72 valence electrons.